The molecule has 1 unspecified atom stereocenters. The Balaban J connectivity index is 1.95. The number of carbonyl (C=O) groups is 1. The third-order valence-corrected chi connectivity index (χ3v) is 4.18. The van der Waals surface area contributed by atoms with Crippen molar-refractivity contribution in [2.45, 2.75) is 9.79 Å². The van der Waals surface area contributed by atoms with Crippen molar-refractivity contribution in [3.05, 3.63) is 48.5 Å². The normalized spacial score (nSPS) is 12.2. The van der Waals surface area contributed by atoms with Crippen molar-refractivity contribution >= 4 is 28.3 Å². The summed E-state index contributed by atoms with van der Waals surface area (Å²) in [6.07, 6.45) is -0.942. The highest BCUT2D eigenvalue weighted by Gasteiger charge is 2.16. The van der Waals surface area contributed by atoms with Crippen molar-refractivity contribution in [3.63, 3.8) is 0 Å². The van der Waals surface area contributed by atoms with Crippen molar-refractivity contribution in [3.8, 4) is 6.01 Å². The zero-order chi connectivity index (χ0) is 14.8. The predicted octanol–water partition coefficient (Wildman–Crippen LogP) is 2.19. The van der Waals surface area contributed by atoms with Crippen molar-refractivity contribution in [1.29, 1.82) is 0 Å². The molecule has 1 heterocycles. The second-order valence-electron chi connectivity index (χ2n) is 4.22. The fourth-order valence-electron chi connectivity index (χ4n) is 1.90. The minimum atomic E-state index is -1.29. The largest absolute Gasteiger partial charge is 0.606 e. The molecule has 6 nitrogen and oxygen atoms in total. The first kappa shape index (κ1) is 13.5. The second kappa shape index (κ2) is 5.47. The molecule has 1 aromatic heterocycles. The third kappa shape index (κ3) is 2.83. The van der Waals surface area contributed by atoms with Gasteiger partial charge in [0, 0.05) is 17.2 Å². The van der Waals surface area contributed by atoms with Gasteiger partial charge in [-0.3, -0.25) is 0 Å². The lowest BCUT2D eigenvalue weighted by Crippen LogP contribution is -2.16. The molecule has 21 heavy (non-hydrogen) atoms. The number of imidazole rings is 1. The molecule has 3 aromatic rings. The molecule has 1 amide bonds. The van der Waals surface area contributed by atoms with Gasteiger partial charge in [0.05, 0.1) is 11.0 Å². The molecule has 0 bridgehead atoms. The molecule has 7 heteroatoms. The maximum absolute atomic E-state index is 12.4. The van der Waals surface area contributed by atoms with Gasteiger partial charge >= 0.3 is 12.1 Å². The third-order valence-electron chi connectivity index (χ3n) is 2.80. The van der Waals surface area contributed by atoms with Crippen LogP contribution in [0.25, 0.3) is 11.0 Å². The van der Waals surface area contributed by atoms with Crippen LogP contribution in [0, 0.1) is 0 Å². The summed E-state index contributed by atoms with van der Waals surface area (Å²) in [6, 6.07) is 14.3. The van der Waals surface area contributed by atoms with Gasteiger partial charge in [0.25, 0.3) is 0 Å². The first-order valence-corrected chi connectivity index (χ1v) is 7.22. The van der Waals surface area contributed by atoms with E-state index in [1.807, 2.05) is 18.2 Å². The van der Waals surface area contributed by atoms with Gasteiger partial charge in [-0.05, 0) is 24.3 Å². The fraction of sp³-hybridized carbons (Fsp3) is 0. The summed E-state index contributed by atoms with van der Waals surface area (Å²) in [5.41, 5.74) is 6.15. The van der Waals surface area contributed by atoms with Crippen molar-refractivity contribution < 1.29 is 14.1 Å². The molecule has 2 aromatic carbocycles. The number of ether oxygens (including phenoxy) is 1. The van der Waals surface area contributed by atoms with E-state index in [0.717, 1.165) is 0 Å². The number of aromatic amines is 1. The number of primary amides is 1. The van der Waals surface area contributed by atoms with Crippen molar-refractivity contribution in [2.24, 2.45) is 5.73 Å². The molecule has 0 saturated carbocycles. The number of nitrogens with one attached hydrogen (secondary N) is 1. The van der Waals surface area contributed by atoms with Gasteiger partial charge in [-0.2, -0.15) is 4.98 Å². The molecule has 1 atom stereocenters. The van der Waals surface area contributed by atoms with Gasteiger partial charge < -0.3 is 20.0 Å². The minimum absolute atomic E-state index is 0.0140. The van der Waals surface area contributed by atoms with Gasteiger partial charge in [0.2, 0.25) is 0 Å². The number of hydrogen-bond acceptors (Lipinski definition) is 4. The van der Waals surface area contributed by atoms with Crippen LogP contribution in [-0.4, -0.2) is 20.6 Å². The zero-order valence-electron chi connectivity index (χ0n) is 10.8. The predicted molar refractivity (Wildman–Crippen MR) is 77.4 cm³/mol. The number of nitrogens with zero attached hydrogens (tertiary/aromatic N) is 1. The highest BCUT2D eigenvalue weighted by Crippen LogP contribution is 2.24. The number of hydrogen-bond donors (Lipinski definition) is 2. The van der Waals surface area contributed by atoms with E-state index in [4.69, 9.17) is 5.73 Å². The summed E-state index contributed by atoms with van der Waals surface area (Å²) in [5, 5.41) is 0. The topological polar surface area (TPSA) is 104 Å². The Labute approximate surface area is 123 Å². The highest BCUT2D eigenvalue weighted by atomic mass is 32.2. The monoisotopic (exact) mass is 301 g/mol. The number of nitrogens with two attached hydrogens (primary N) is 1. The highest BCUT2D eigenvalue weighted by molar-refractivity contribution is 7.91. The first-order chi connectivity index (χ1) is 10.1. The van der Waals surface area contributed by atoms with E-state index in [-0.39, 0.29) is 6.01 Å². The quantitative estimate of drug-likeness (QED) is 0.723. The van der Waals surface area contributed by atoms with E-state index in [0.29, 0.717) is 20.8 Å². The van der Waals surface area contributed by atoms with Crippen LogP contribution in [-0.2, 0) is 11.2 Å². The van der Waals surface area contributed by atoms with Gasteiger partial charge in [-0.15, -0.1) is 0 Å². The molecule has 0 spiro atoms. The molecule has 0 aliphatic heterocycles. The van der Waals surface area contributed by atoms with Crippen LogP contribution in [0.15, 0.2) is 58.3 Å². The van der Waals surface area contributed by atoms with Crippen molar-refractivity contribution in [1.82, 2.24) is 9.97 Å². The summed E-state index contributed by atoms with van der Waals surface area (Å²) in [5.74, 6) is 0. The Kier molecular flexibility index (Phi) is 3.51. The molecule has 0 aliphatic rings. The number of fused-ring (bicyclic) bond motifs is 1. The molecule has 0 radical (unpaired) electrons. The van der Waals surface area contributed by atoms with E-state index in [2.05, 4.69) is 14.7 Å². The standard InChI is InChI=1S/C14H11N3O3S/c15-13(18)20-14-16-11-7-6-10(8-12(11)17-14)21(19)9-4-2-1-3-5-9/h1-8H,(H2,15,18)(H,16,17). The van der Waals surface area contributed by atoms with Gasteiger partial charge in [0.1, 0.15) is 0 Å². The van der Waals surface area contributed by atoms with Gasteiger partial charge in [-0.25, -0.2) is 4.79 Å². The number of amides is 1. The lowest BCUT2D eigenvalue weighted by Gasteiger charge is -2.09. The van der Waals surface area contributed by atoms with E-state index in [9.17, 15) is 9.35 Å². The lowest BCUT2D eigenvalue weighted by molar-refractivity contribution is 0.207. The Morgan fingerprint density at radius 2 is 1.95 bits per heavy atom. The Hall–Kier alpha value is -2.51. The van der Waals surface area contributed by atoms with Gasteiger partial charge in [0.15, 0.2) is 9.79 Å². The fourth-order valence-corrected chi connectivity index (χ4v) is 2.99. The second-order valence-corrected chi connectivity index (χ2v) is 5.70. The van der Waals surface area contributed by atoms with Crippen molar-refractivity contribution in [2.75, 3.05) is 0 Å². The van der Waals surface area contributed by atoms with Crippen LogP contribution in [0.2, 0.25) is 0 Å². The summed E-state index contributed by atoms with van der Waals surface area (Å²) < 4.78 is 17.1. The molecule has 0 fully saturated rings. The van der Waals surface area contributed by atoms with Gasteiger partial charge in [-0.1, -0.05) is 18.2 Å². The average Bonchev–Trinajstić information content (AvgIpc) is 2.87. The number of rotatable bonds is 3. The van der Waals surface area contributed by atoms with E-state index >= 15 is 0 Å². The van der Waals surface area contributed by atoms with Crippen LogP contribution in [0.5, 0.6) is 6.01 Å². The Morgan fingerprint density at radius 1 is 1.19 bits per heavy atom. The lowest BCUT2D eigenvalue weighted by atomic mass is 10.3. The molecular formula is C14H11N3O3S. The molecule has 106 valence electrons. The Morgan fingerprint density at radius 3 is 2.67 bits per heavy atom. The zero-order valence-corrected chi connectivity index (χ0v) is 11.6. The maximum Gasteiger partial charge on any atom is 0.412 e. The molecule has 0 saturated heterocycles. The van der Waals surface area contributed by atoms with E-state index in [1.165, 1.54) is 0 Å². The molecule has 3 rings (SSSR count). The number of carbonyl (C=O) groups excluding carboxylic acids is 1. The SMILES string of the molecule is NC(=O)Oc1nc2cc([S+]([O-])c3ccccc3)ccc2[nH]1. The number of benzene rings is 2. The van der Waals surface area contributed by atoms with Crippen LogP contribution in [0.3, 0.4) is 0 Å². The summed E-state index contributed by atoms with van der Waals surface area (Å²) in [7, 11) is 0. The summed E-state index contributed by atoms with van der Waals surface area (Å²) in [6.45, 7) is 0. The maximum atomic E-state index is 12.4. The van der Waals surface area contributed by atoms with Crippen LogP contribution < -0.4 is 10.5 Å². The molecular weight excluding hydrogens is 290 g/mol. The van der Waals surface area contributed by atoms with E-state index < -0.39 is 17.3 Å². The van der Waals surface area contributed by atoms with Crippen LogP contribution in [0.1, 0.15) is 0 Å². The van der Waals surface area contributed by atoms with Crippen LogP contribution >= 0.6 is 0 Å². The molecule has 0 aliphatic carbocycles. The average molecular weight is 301 g/mol. The Bertz CT molecular complexity index is 789. The van der Waals surface area contributed by atoms with E-state index in [1.54, 1.807) is 30.3 Å². The number of aromatic nitrogens is 2. The number of H-pyrrole nitrogens is 1. The summed E-state index contributed by atoms with van der Waals surface area (Å²) >= 11 is -1.29. The minimum Gasteiger partial charge on any atom is -0.606 e. The van der Waals surface area contributed by atoms with Crippen LogP contribution in [0.4, 0.5) is 4.79 Å². The molecule has 3 N–H and O–H groups in total. The smallest absolute Gasteiger partial charge is 0.412 e. The summed E-state index contributed by atoms with van der Waals surface area (Å²) in [4.78, 5) is 18.9. The first-order valence-electron chi connectivity index (χ1n) is 6.07.